The molecule has 0 saturated carbocycles. The molecule has 0 radical (unpaired) electrons. The molecule has 1 amide bonds. The number of hydrogen-bond acceptors (Lipinski definition) is 3. The summed E-state index contributed by atoms with van der Waals surface area (Å²) in [5.41, 5.74) is 1.20. The van der Waals surface area contributed by atoms with E-state index in [0.717, 1.165) is 6.42 Å². The first-order chi connectivity index (χ1) is 6.78. The fraction of sp³-hybridized carbons (Fsp3) is 0.556. The van der Waals surface area contributed by atoms with Crippen LogP contribution in [0.1, 0.15) is 12.5 Å². The van der Waals surface area contributed by atoms with Crippen molar-refractivity contribution in [2.24, 2.45) is 0 Å². The standard InChI is InChI=1S/C9H13N3O2/c1-2-7-3-11-12(5-7)6-8-4-10-9(13)14-8/h3,5,8H,2,4,6H2,1H3,(H,10,13). The molecule has 2 heterocycles. The molecule has 2 rings (SSSR count). The molecule has 14 heavy (non-hydrogen) atoms. The van der Waals surface area contributed by atoms with Crippen molar-refractivity contribution in [2.45, 2.75) is 26.0 Å². The van der Waals surface area contributed by atoms with Crippen LogP contribution in [0.3, 0.4) is 0 Å². The molecule has 0 aliphatic carbocycles. The smallest absolute Gasteiger partial charge is 0.407 e. The van der Waals surface area contributed by atoms with Gasteiger partial charge in [-0.2, -0.15) is 5.10 Å². The fourth-order valence-electron chi connectivity index (χ4n) is 1.43. The van der Waals surface area contributed by atoms with E-state index in [1.165, 1.54) is 5.56 Å². The molecule has 0 aromatic carbocycles. The minimum atomic E-state index is -0.335. The van der Waals surface area contributed by atoms with E-state index < -0.39 is 0 Å². The lowest BCUT2D eigenvalue weighted by Crippen LogP contribution is -2.20. The summed E-state index contributed by atoms with van der Waals surface area (Å²) in [6, 6.07) is 0. The van der Waals surface area contributed by atoms with E-state index in [1.54, 1.807) is 0 Å². The molecule has 1 aromatic rings. The van der Waals surface area contributed by atoms with Crippen LogP contribution >= 0.6 is 0 Å². The topological polar surface area (TPSA) is 56.2 Å². The molecule has 0 spiro atoms. The van der Waals surface area contributed by atoms with Crippen LogP contribution in [0.4, 0.5) is 4.79 Å². The van der Waals surface area contributed by atoms with E-state index >= 15 is 0 Å². The molecule has 1 saturated heterocycles. The summed E-state index contributed by atoms with van der Waals surface area (Å²) in [5.74, 6) is 0. The Balaban J connectivity index is 1.93. The van der Waals surface area contributed by atoms with E-state index in [0.29, 0.717) is 13.1 Å². The zero-order valence-electron chi connectivity index (χ0n) is 8.06. The van der Waals surface area contributed by atoms with Gasteiger partial charge in [0.15, 0.2) is 0 Å². The third kappa shape index (κ3) is 1.86. The fourth-order valence-corrected chi connectivity index (χ4v) is 1.43. The maximum Gasteiger partial charge on any atom is 0.407 e. The monoisotopic (exact) mass is 195 g/mol. The summed E-state index contributed by atoms with van der Waals surface area (Å²) in [5, 5.41) is 6.78. The largest absolute Gasteiger partial charge is 0.442 e. The number of carbonyl (C=O) groups is 1. The SMILES string of the molecule is CCc1cnn(CC2CNC(=O)O2)c1. The molecule has 1 atom stereocenters. The molecule has 1 N–H and O–H groups in total. The average molecular weight is 195 g/mol. The van der Waals surface area contributed by atoms with E-state index in [2.05, 4.69) is 17.3 Å². The van der Waals surface area contributed by atoms with Gasteiger partial charge in [0.2, 0.25) is 0 Å². The highest BCUT2D eigenvalue weighted by Gasteiger charge is 2.22. The van der Waals surface area contributed by atoms with Crippen LogP contribution in [-0.4, -0.2) is 28.5 Å². The zero-order chi connectivity index (χ0) is 9.97. The lowest BCUT2D eigenvalue weighted by molar-refractivity contribution is 0.129. The first-order valence-electron chi connectivity index (χ1n) is 4.73. The van der Waals surface area contributed by atoms with Gasteiger partial charge in [0.25, 0.3) is 0 Å². The number of rotatable bonds is 3. The summed E-state index contributed by atoms with van der Waals surface area (Å²) >= 11 is 0. The van der Waals surface area contributed by atoms with E-state index in [-0.39, 0.29) is 12.2 Å². The molecule has 1 aromatic heterocycles. The molecular weight excluding hydrogens is 182 g/mol. The third-order valence-corrected chi connectivity index (χ3v) is 2.23. The summed E-state index contributed by atoms with van der Waals surface area (Å²) < 4.78 is 6.81. The molecular formula is C9H13N3O2. The molecule has 5 nitrogen and oxygen atoms in total. The van der Waals surface area contributed by atoms with Gasteiger partial charge in [0.05, 0.1) is 19.3 Å². The van der Waals surface area contributed by atoms with E-state index in [4.69, 9.17) is 4.74 Å². The second-order valence-corrected chi connectivity index (χ2v) is 3.33. The number of hydrogen-bond donors (Lipinski definition) is 1. The average Bonchev–Trinajstić information content (AvgIpc) is 2.76. The number of carbonyl (C=O) groups excluding carboxylic acids is 1. The maximum absolute atomic E-state index is 10.7. The van der Waals surface area contributed by atoms with Crippen molar-refractivity contribution < 1.29 is 9.53 Å². The molecule has 1 aliphatic heterocycles. The van der Waals surface area contributed by atoms with Crippen LogP contribution in [0.2, 0.25) is 0 Å². The van der Waals surface area contributed by atoms with Crippen LogP contribution in [0.5, 0.6) is 0 Å². The summed E-state index contributed by atoms with van der Waals surface area (Å²) in [6.07, 6.45) is 4.36. The highest BCUT2D eigenvalue weighted by atomic mass is 16.6. The summed E-state index contributed by atoms with van der Waals surface area (Å²) in [4.78, 5) is 10.7. The number of aryl methyl sites for hydroxylation is 1. The Hall–Kier alpha value is -1.52. The van der Waals surface area contributed by atoms with Crippen molar-refractivity contribution in [2.75, 3.05) is 6.54 Å². The number of aromatic nitrogens is 2. The van der Waals surface area contributed by atoms with Gasteiger partial charge in [-0.1, -0.05) is 6.92 Å². The Bertz CT molecular complexity index is 335. The number of alkyl carbamates (subject to hydrolysis) is 1. The number of ether oxygens (including phenoxy) is 1. The highest BCUT2D eigenvalue weighted by molar-refractivity contribution is 5.69. The molecule has 76 valence electrons. The van der Waals surface area contributed by atoms with E-state index in [9.17, 15) is 4.79 Å². The van der Waals surface area contributed by atoms with Gasteiger partial charge < -0.3 is 10.1 Å². The Morgan fingerprint density at radius 3 is 3.21 bits per heavy atom. The van der Waals surface area contributed by atoms with Gasteiger partial charge in [-0.05, 0) is 12.0 Å². The van der Waals surface area contributed by atoms with Crippen LogP contribution in [0.15, 0.2) is 12.4 Å². The minimum absolute atomic E-state index is 0.0906. The van der Waals surface area contributed by atoms with Crippen molar-refractivity contribution in [3.63, 3.8) is 0 Å². The first kappa shape index (κ1) is 9.05. The Labute approximate surface area is 82.0 Å². The van der Waals surface area contributed by atoms with Crippen LogP contribution in [-0.2, 0) is 17.7 Å². The zero-order valence-corrected chi connectivity index (χ0v) is 8.06. The van der Waals surface area contributed by atoms with Crippen molar-refractivity contribution >= 4 is 6.09 Å². The quantitative estimate of drug-likeness (QED) is 0.766. The van der Waals surface area contributed by atoms with Gasteiger partial charge in [-0.3, -0.25) is 4.68 Å². The summed E-state index contributed by atoms with van der Waals surface area (Å²) in [7, 11) is 0. The Morgan fingerprint density at radius 1 is 1.79 bits per heavy atom. The number of nitrogens with one attached hydrogen (secondary N) is 1. The van der Waals surface area contributed by atoms with Crippen molar-refractivity contribution in [3.8, 4) is 0 Å². The van der Waals surface area contributed by atoms with Crippen LogP contribution in [0.25, 0.3) is 0 Å². The van der Waals surface area contributed by atoms with Crippen molar-refractivity contribution in [1.82, 2.24) is 15.1 Å². The molecule has 5 heteroatoms. The number of nitrogens with zero attached hydrogens (tertiary/aromatic N) is 2. The predicted octanol–water partition coefficient (Wildman–Crippen LogP) is 0.554. The van der Waals surface area contributed by atoms with Gasteiger partial charge >= 0.3 is 6.09 Å². The molecule has 1 fully saturated rings. The molecule has 1 aliphatic rings. The van der Waals surface area contributed by atoms with Crippen LogP contribution < -0.4 is 5.32 Å². The third-order valence-electron chi connectivity index (χ3n) is 2.23. The maximum atomic E-state index is 10.7. The lowest BCUT2D eigenvalue weighted by atomic mass is 10.3. The van der Waals surface area contributed by atoms with Crippen molar-refractivity contribution in [1.29, 1.82) is 0 Å². The predicted molar refractivity (Wildman–Crippen MR) is 49.9 cm³/mol. The van der Waals surface area contributed by atoms with E-state index in [1.807, 2.05) is 17.1 Å². The van der Waals surface area contributed by atoms with Gasteiger partial charge in [-0.15, -0.1) is 0 Å². The van der Waals surface area contributed by atoms with Crippen molar-refractivity contribution in [3.05, 3.63) is 18.0 Å². The normalized spacial score (nSPS) is 20.6. The summed E-state index contributed by atoms with van der Waals surface area (Å²) in [6.45, 7) is 3.28. The highest BCUT2D eigenvalue weighted by Crippen LogP contribution is 2.04. The first-order valence-corrected chi connectivity index (χ1v) is 4.73. The van der Waals surface area contributed by atoms with Gasteiger partial charge in [0.1, 0.15) is 6.10 Å². The molecule has 0 bridgehead atoms. The lowest BCUT2D eigenvalue weighted by Gasteiger charge is -2.06. The minimum Gasteiger partial charge on any atom is -0.442 e. The second-order valence-electron chi connectivity index (χ2n) is 3.33. The second kappa shape index (κ2) is 3.69. The molecule has 1 unspecified atom stereocenters. The van der Waals surface area contributed by atoms with Gasteiger partial charge in [-0.25, -0.2) is 4.79 Å². The number of amides is 1. The van der Waals surface area contributed by atoms with Crippen LogP contribution in [0, 0.1) is 0 Å². The van der Waals surface area contributed by atoms with Gasteiger partial charge in [0, 0.05) is 6.20 Å². The number of cyclic esters (lactones) is 1. The Morgan fingerprint density at radius 2 is 2.64 bits per heavy atom. The Kier molecular flexibility index (Phi) is 2.39.